The summed E-state index contributed by atoms with van der Waals surface area (Å²) in [7, 11) is 1.55. The zero-order valence-electron chi connectivity index (χ0n) is 7.00. The van der Waals surface area contributed by atoms with Gasteiger partial charge in [0.05, 0.1) is 11.8 Å². The van der Waals surface area contributed by atoms with Crippen molar-refractivity contribution in [1.29, 1.82) is 0 Å². The molecule has 0 aliphatic rings. The fourth-order valence-electron chi connectivity index (χ4n) is 1.19. The predicted molar refractivity (Wildman–Crippen MR) is 52.7 cm³/mol. The lowest BCUT2D eigenvalue weighted by molar-refractivity contribution is 0.427. The summed E-state index contributed by atoms with van der Waals surface area (Å²) < 4.78 is 18.8. The van der Waals surface area contributed by atoms with Gasteiger partial charge in [-0.15, -0.1) is 0 Å². The second kappa shape index (κ2) is 2.88. The molecule has 4 heteroatoms. The average Bonchev–Trinajstić information content (AvgIpc) is 2.56. The molecule has 0 radical (unpaired) electrons. The van der Waals surface area contributed by atoms with Gasteiger partial charge in [-0.25, -0.2) is 4.39 Å². The van der Waals surface area contributed by atoms with Crippen molar-refractivity contribution < 1.29 is 9.13 Å². The number of thiophene rings is 1. The topological polar surface area (TPSA) is 35.2 Å². The van der Waals surface area contributed by atoms with Crippen LogP contribution in [0, 0.1) is 5.82 Å². The lowest BCUT2D eigenvalue weighted by atomic mass is 10.2. The van der Waals surface area contributed by atoms with Crippen LogP contribution in [0.1, 0.15) is 0 Å². The van der Waals surface area contributed by atoms with Crippen LogP contribution in [0.25, 0.3) is 10.1 Å². The maximum Gasteiger partial charge on any atom is 0.174 e. The van der Waals surface area contributed by atoms with Crippen LogP contribution in [0.2, 0.25) is 0 Å². The second-order valence-electron chi connectivity index (χ2n) is 2.65. The number of nitrogen functional groups attached to an aromatic ring is 1. The van der Waals surface area contributed by atoms with Crippen LogP contribution >= 0.6 is 11.3 Å². The predicted octanol–water partition coefficient (Wildman–Crippen LogP) is 2.63. The first-order valence-electron chi connectivity index (χ1n) is 3.74. The molecule has 0 aliphatic heterocycles. The summed E-state index contributed by atoms with van der Waals surface area (Å²) in [6.45, 7) is 0. The standard InChI is InChI=1S/C9H8FNOS/c1-12-8-4-5-7(11)3-2-6(10)9(5)13-8/h2-4H,11H2,1H3. The highest BCUT2D eigenvalue weighted by molar-refractivity contribution is 7.20. The largest absolute Gasteiger partial charge is 0.487 e. The molecule has 0 aliphatic carbocycles. The van der Waals surface area contributed by atoms with Crippen LogP contribution in [-0.4, -0.2) is 7.11 Å². The van der Waals surface area contributed by atoms with Crippen molar-refractivity contribution in [2.45, 2.75) is 0 Å². The number of benzene rings is 1. The molecule has 0 saturated carbocycles. The van der Waals surface area contributed by atoms with Gasteiger partial charge < -0.3 is 10.5 Å². The number of nitrogens with two attached hydrogens (primary N) is 1. The molecule has 0 saturated heterocycles. The zero-order valence-corrected chi connectivity index (χ0v) is 7.82. The van der Waals surface area contributed by atoms with E-state index in [1.807, 2.05) is 0 Å². The molecule has 0 bridgehead atoms. The minimum absolute atomic E-state index is 0.252. The molecule has 68 valence electrons. The minimum Gasteiger partial charge on any atom is -0.487 e. The first kappa shape index (κ1) is 8.31. The smallest absolute Gasteiger partial charge is 0.174 e. The Labute approximate surface area is 78.7 Å². The number of halogens is 1. The maximum atomic E-state index is 13.2. The third kappa shape index (κ3) is 1.23. The normalized spacial score (nSPS) is 10.6. The lowest BCUT2D eigenvalue weighted by Gasteiger charge is -1.94. The number of fused-ring (bicyclic) bond motifs is 1. The highest BCUT2D eigenvalue weighted by Crippen LogP contribution is 2.36. The molecule has 2 aromatic rings. The van der Waals surface area contributed by atoms with Gasteiger partial charge in [-0.1, -0.05) is 11.3 Å². The quantitative estimate of drug-likeness (QED) is 0.713. The van der Waals surface area contributed by atoms with E-state index < -0.39 is 0 Å². The Hall–Kier alpha value is -1.29. The van der Waals surface area contributed by atoms with E-state index in [1.54, 1.807) is 19.2 Å². The van der Waals surface area contributed by atoms with Crippen molar-refractivity contribution in [3.63, 3.8) is 0 Å². The molecule has 1 heterocycles. The van der Waals surface area contributed by atoms with Crippen molar-refractivity contribution in [3.05, 3.63) is 24.0 Å². The van der Waals surface area contributed by atoms with Crippen molar-refractivity contribution in [2.24, 2.45) is 0 Å². The first-order chi connectivity index (χ1) is 6.22. The SMILES string of the molecule is COc1cc2c(N)ccc(F)c2s1. The van der Waals surface area contributed by atoms with E-state index in [0.29, 0.717) is 15.5 Å². The molecule has 0 atom stereocenters. The Bertz CT molecular complexity index is 413. The first-order valence-corrected chi connectivity index (χ1v) is 4.55. The van der Waals surface area contributed by atoms with Crippen LogP contribution in [-0.2, 0) is 0 Å². The van der Waals surface area contributed by atoms with Crippen molar-refractivity contribution in [3.8, 4) is 5.06 Å². The summed E-state index contributed by atoms with van der Waals surface area (Å²) >= 11 is 1.26. The molecule has 0 amide bonds. The molecule has 2 N–H and O–H groups in total. The molecule has 2 nitrogen and oxygen atoms in total. The molecule has 0 unspecified atom stereocenters. The van der Waals surface area contributed by atoms with Gasteiger partial charge >= 0.3 is 0 Å². The van der Waals surface area contributed by atoms with Gasteiger partial charge in [0.15, 0.2) is 5.06 Å². The molecular weight excluding hydrogens is 189 g/mol. The van der Waals surface area contributed by atoms with E-state index >= 15 is 0 Å². The molecule has 13 heavy (non-hydrogen) atoms. The fraction of sp³-hybridized carbons (Fsp3) is 0.111. The Kier molecular flexibility index (Phi) is 1.84. The fourth-order valence-corrected chi connectivity index (χ4v) is 2.10. The number of hydrogen-bond acceptors (Lipinski definition) is 3. The van der Waals surface area contributed by atoms with Crippen molar-refractivity contribution >= 4 is 27.1 Å². The molecular formula is C9H8FNOS. The lowest BCUT2D eigenvalue weighted by Crippen LogP contribution is -1.85. The average molecular weight is 197 g/mol. The second-order valence-corrected chi connectivity index (χ2v) is 3.66. The van der Waals surface area contributed by atoms with Crippen LogP contribution in [0.4, 0.5) is 10.1 Å². The number of anilines is 1. The van der Waals surface area contributed by atoms with Gasteiger partial charge in [0.2, 0.25) is 0 Å². The van der Waals surface area contributed by atoms with Crippen LogP contribution in [0.15, 0.2) is 18.2 Å². The van der Waals surface area contributed by atoms with E-state index in [0.717, 1.165) is 5.39 Å². The summed E-state index contributed by atoms with van der Waals surface area (Å²) in [6.07, 6.45) is 0. The monoisotopic (exact) mass is 197 g/mol. The molecule has 1 aromatic carbocycles. The Balaban J connectivity index is 2.80. The van der Waals surface area contributed by atoms with E-state index in [4.69, 9.17) is 10.5 Å². The van der Waals surface area contributed by atoms with Gasteiger partial charge in [-0.05, 0) is 12.1 Å². The number of methoxy groups -OCH3 is 1. The Morgan fingerprint density at radius 1 is 1.46 bits per heavy atom. The van der Waals surface area contributed by atoms with Crippen LogP contribution < -0.4 is 10.5 Å². The number of rotatable bonds is 1. The highest BCUT2D eigenvalue weighted by Gasteiger charge is 2.08. The molecule has 0 fully saturated rings. The summed E-state index contributed by atoms with van der Waals surface area (Å²) in [4.78, 5) is 0. The minimum atomic E-state index is -0.252. The Morgan fingerprint density at radius 2 is 2.23 bits per heavy atom. The third-order valence-electron chi connectivity index (χ3n) is 1.85. The van der Waals surface area contributed by atoms with Gasteiger partial charge in [0.1, 0.15) is 5.82 Å². The van der Waals surface area contributed by atoms with Gasteiger partial charge in [-0.3, -0.25) is 0 Å². The molecule has 1 aromatic heterocycles. The van der Waals surface area contributed by atoms with E-state index in [1.165, 1.54) is 17.4 Å². The van der Waals surface area contributed by atoms with E-state index in [9.17, 15) is 4.39 Å². The third-order valence-corrected chi connectivity index (χ3v) is 2.95. The summed E-state index contributed by atoms with van der Waals surface area (Å²) in [5.41, 5.74) is 6.26. The molecule has 2 rings (SSSR count). The summed E-state index contributed by atoms with van der Waals surface area (Å²) in [5.74, 6) is -0.252. The van der Waals surface area contributed by atoms with E-state index in [-0.39, 0.29) is 5.82 Å². The van der Waals surface area contributed by atoms with E-state index in [2.05, 4.69) is 0 Å². The number of hydrogen-bond donors (Lipinski definition) is 1. The highest BCUT2D eigenvalue weighted by atomic mass is 32.1. The zero-order chi connectivity index (χ0) is 9.42. The Morgan fingerprint density at radius 3 is 2.85 bits per heavy atom. The van der Waals surface area contributed by atoms with Crippen LogP contribution in [0.3, 0.4) is 0 Å². The van der Waals surface area contributed by atoms with Crippen LogP contribution in [0.5, 0.6) is 5.06 Å². The summed E-state index contributed by atoms with van der Waals surface area (Å²) in [6, 6.07) is 4.68. The van der Waals surface area contributed by atoms with Gasteiger partial charge in [0, 0.05) is 17.1 Å². The number of ether oxygens (including phenoxy) is 1. The molecule has 0 spiro atoms. The van der Waals surface area contributed by atoms with Gasteiger partial charge in [0.25, 0.3) is 0 Å². The maximum absolute atomic E-state index is 13.2. The summed E-state index contributed by atoms with van der Waals surface area (Å²) in [5, 5.41) is 1.40. The van der Waals surface area contributed by atoms with Crippen molar-refractivity contribution in [2.75, 3.05) is 12.8 Å². The van der Waals surface area contributed by atoms with Gasteiger partial charge in [-0.2, -0.15) is 0 Å². The van der Waals surface area contributed by atoms with Crippen molar-refractivity contribution in [1.82, 2.24) is 0 Å².